The molecule has 19 heavy (non-hydrogen) atoms. The summed E-state index contributed by atoms with van der Waals surface area (Å²) in [7, 11) is 0. The van der Waals surface area contributed by atoms with Crippen molar-refractivity contribution >= 4 is 22.9 Å². The van der Waals surface area contributed by atoms with Gasteiger partial charge in [-0.25, -0.2) is 0 Å². The van der Waals surface area contributed by atoms with Crippen molar-refractivity contribution in [1.29, 1.82) is 0 Å². The third kappa shape index (κ3) is 4.38. The molecule has 0 aliphatic heterocycles. The number of halogens is 3. The predicted molar refractivity (Wildman–Crippen MR) is 75.6 cm³/mol. The van der Waals surface area contributed by atoms with E-state index in [1.807, 2.05) is 6.92 Å². The summed E-state index contributed by atoms with van der Waals surface area (Å²) in [5, 5.41) is 0. The summed E-state index contributed by atoms with van der Waals surface area (Å²) in [6, 6.07) is 4.82. The normalized spacial score (nSPS) is 11.7. The number of nitrogens with zero attached hydrogens (tertiary/aromatic N) is 1. The number of hydrogen-bond donors (Lipinski definition) is 1. The molecular formula is C13H17F3N2S. The highest BCUT2D eigenvalue weighted by Crippen LogP contribution is 2.28. The monoisotopic (exact) mass is 290 g/mol. The van der Waals surface area contributed by atoms with Crippen LogP contribution in [0, 0.1) is 6.92 Å². The van der Waals surface area contributed by atoms with E-state index in [0.29, 0.717) is 11.3 Å². The lowest BCUT2D eigenvalue weighted by Crippen LogP contribution is -2.40. The Balaban J connectivity index is 3.29. The largest absolute Gasteiger partial charge is 0.405 e. The van der Waals surface area contributed by atoms with Gasteiger partial charge in [0.15, 0.2) is 0 Å². The van der Waals surface area contributed by atoms with Crippen molar-refractivity contribution in [3.63, 3.8) is 0 Å². The Bertz CT molecular complexity index is 469. The Morgan fingerprint density at radius 1 is 1.37 bits per heavy atom. The first-order chi connectivity index (χ1) is 8.61. The number of thiocarbonyl (C=S) groups is 1. The highest BCUT2D eigenvalue weighted by atomic mass is 32.1. The molecule has 0 fully saturated rings. The molecular weight excluding hydrogens is 273 g/mol. The molecule has 0 unspecified atom stereocenters. The molecule has 0 saturated carbocycles. The van der Waals surface area contributed by atoms with Gasteiger partial charge >= 0.3 is 6.18 Å². The van der Waals surface area contributed by atoms with Crippen LogP contribution in [0.3, 0.4) is 0 Å². The molecule has 0 spiro atoms. The molecule has 0 atom stereocenters. The molecule has 106 valence electrons. The Morgan fingerprint density at radius 2 is 1.95 bits per heavy atom. The highest BCUT2D eigenvalue weighted by molar-refractivity contribution is 7.80. The molecule has 0 radical (unpaired) electrons. The van der Waals surface area contributed by atoms with Crippen molar-refractivity contribution < 1.29 is 13.2 Å². The maximum absolute atomic E-state index is 12.7. The van der Waals surface area contributed by atoms with Crippen molar-refractivity contribution in [2.45, 2.75) is 33.0 Å². The lowest BCUT2D eigenvalue weighted by Gasteiger charge is -2.31. The van der Waals surface area contributed by atoms with Crippen LogP contribution in [-0.4, -0.2) is 23.8 Å². The SMILES string of the molecule is Cc1ccc(C(N)=S)c(N(CC(F)(F)F)C(C)C)c1. The van der Waals surface area contributed by atoms with Crippen molar-refractivity contribution in [1.82, 2.24) is 0 Å². The zero-order chi connectivity index (χ0) is 14.8. The third-order valence-electron chi connectivity index (χ3n) is 2.70. The van der Waals surface area contributed by atoms with E-state index in [1.54, 1.807) is 32.0 Å². The quantitative estimate of drug-likeness (QED) is 0.862. The molecule has 0 bridgehead atoms. The highest BCUT2D eigenvalue weighted by Gasteiger charge is 2.33. The van der Waals surface area contributed by atoms with Gasteiger partial charge < -0.3 is 10.6 Å². The van der Waals surface area contributed by atoms with Gasteiger partial charge in [-0.1, -0.05) is 18.3 Å². The molecule has 0 aliphatic carbocycles. The number of benzene rings is 1. The lowest BCUT2D eigenvalue weighted by molar-refractivity contribution is -0.120. The molecule has 1 aromatic carbocycles. The predicted octanol–water partition coefficient (Wildman–Crippen LogP) is 3.41. The second-order valence-corrected chi connectivity index (χ2v) is 5.16. The summed E-state index contributed by atoms with van der Waals surface area (Å²) in [4.78, 5) is 1.37. The summed E-state index contributed by atoms with van der Waals surface area (Å²) < 4.78 is 38.0. The molecule has 1 rings (SSSR count). The lowest BCUT2D eigenvalue weighted by atomic mass is 10.1. The van der Waals surface area contributed by atoms with Gasteiger partial charge in [-0.15, -0.1) is 0 Å². The van der Waals surface area contributed by atoms with Crippen LogP contribution >= 0.6 is 12.2 Å². The first-order valence-electron chi connectivity index (χ1n) is 5.85. The van der Waals surface area contributed by atoms with Crippen LogP contribution in [0.5, 0.6) is 0 Å². The Morgan fingerprint density at radius 3 is 2.37 bits per heavy atom. The molecule has 0 saturated heterocycles. The molecule has 0 amide bonds. The van der Waals surface area contributed by atoms with Gasteiger partial charge in [-0.2, -0.15) is 13.2 Å². The fourth-order valence-electron chi connectivity index (χ4n) is 1.83. The molecule has 0 aromatic heterocycles. The van der Waals surface area contributed by atoms with E-state index in [9.17, 15) is 13.2 Å². The topological polar surface area (TPSA) is 29.3 Å². The standard InChI is InChI=1S/C13H17F3N2S/c1-8(2)18(7-13(14,15)16)11-6-9(3)4-5-10(11)12(17)19/h4-6,8H,7H2,1-3H3,(H2,17,19). The first kappa shape index (κ1) is 15.8. The van der Waals surface area contributed by atoms with Gasteiger partial charge in [-0.3, -0.25) is 0 Å². The zero-order valence-corrected chi connectivity index (χ0v) is 11.9. The van der Waals surface area contributed by atoms with Crippen LogP contribution in [0.1, 0.15) is 25.0 Å². The van der Waals surface area contributed by atoms with E-state index in [4.69, 9.17) is 18.0 Å². The van der Waals surface area contributed by atoms with E-state index in [2.05, 4.69) is 0 Å². The zero-order valence-electron chi connectivity index (χ0n) is 11.1. The maximum Gasteiger partial charge on any atom is 0.405 e. The Hall–Kier alpha value is -1.30. The Kier molecular flexibility index (Phi) is 4.79. The number of alkyl halides is 3. The van der Waals surface area contributed by atoms with Gasteiger partial charge in [0, 0.05) is 17.3 Å². The number of anilines is 1. The van der Waals surface area contributed by atoms with E-state index < -0.39 is 12.7 Å². The summed E-state index contributed by atoms with van der Waals surface area (Å²) in [5.41, 5.74) is 7.35. The number of rotatable bonds is 4. The molecule has 0 heterocycles. The van der Waals surface area contributed by atoms with Crippen molar-refractivity contribution in [2.24, 2.45) is 5.73 Å². The maximum atomic E-state index is 12.7. The summed E-state index contributed by atoms with van der Waals surface area (Å²) in [6.45, 7) is 4.21. The summed E-state index contributed by atoms with van der Waals surface area (Å²) in [6.07, 6.45) is -4.28. The fourth-order valence-corrected chi connectivity index (χ4v) is 2.00. The first-order valence-corrected chi connectivity index (χ1v) is 6.26. The van der Waals surface area contributed by atoms with Crippen LogP contribution < -0.4 is 10.6 Å². The summed E-state index contributed by atoms with van der Waals surface area (Å²) >= 11 is 4.91. The number of aryl methyl sites for hydroxylation is 1. The summed E-state index contributed by atoms with van der Waals surface area (Å²) in [5.74, 6) is 0. The average molecular weight is 290 g/mol. The number of nitrogens with two attached hydrogens (primary N) is 1. The van der Waals surface area contributed by atoms with E-state index in [1.165, 1.54) is 4.90 Å². The smallest absolute Gasteiger partial charge is 0.389 e. The van der Waals surface area contributed by atoms with E-state index in [-0.39, 0.29) is 11.0 Å². The average Bonchev–Trinajstić information content (AvgIpc) is 2.23. The molecule has 0 aliphatic rings. The van der Waals surface area contributed by atoms with Gasteiger partial charge in [0.05, 0.1) is 0 Å². The third-order valence-corrected chi connectivity index (χ3v) is 2.92. The van der Waals surface area contributed by atoms with Crippen LogP contribution in [0.4, 0.5) is 18.9 Å². The van der Waals surface area contributed by atoms with Crippen molar-refractivity contribution in [2.75, 3.05) is 11.4 Å². The fraction of sp³-hybridized carbons (Fsp3) is 0.462. The number of hydrogen-bond acceptors (Lipinski definition) is 2. The van der Waals surface area contributed by atoms with Crippen LogP contribution in [-0.2, 0) is 0 Å². The second-order valence-electron chi connectivity index (χ2n) is 4.72. The van der Waals surface area contributed by atoms with Crippen LogP contribution in [0.15, 0.2) is 18.2 Å². The van der Waals surface area contributed by atoms with E-state index >= 15 is 0 Å². The van der Waals surface area contributed by atoms with Crippen molar-refractivity contribution in [3.8, 4) is 0 Å². The van der Waals surface area contributed by atoms with Gasteiger partial charge in [-0.05, 0) is 38.5 Å². The van der Waals surface area contributed by atoms with Crippen molar-refractivity contribution in [3.05, 3.63) is 29.3 Å². The molecule has 2 N–H and O–H groups in total. The van der Waals surface area contributed by atoms with Gasteiger partial charge in [0.2, 0.25) is 0 Å². The van der Waals surface area contributed by atoms with Crippen LogP contribution in [0.25, 0.3) is 0 Å². The van der Waals surface area contributed by atoms with E-state index in [0.717, 1.165) is 5.56 Å². The van der Waals surface area contributed by atoms with Gasteiger partial charge in [0.1, 0.15) is 11.5 Å². The minimum Gasteiger partial charge on any atom is -0.389 e. The molecule has 6 heteroatoms. The van der Waals surface area contributed by atoms with Gasteiger partial charge in [0.25, 0.3) is 0 Å². The Labute approximate surface area is 116 Å². The minimum atomic E-state index is -4.28. The van der Waals surface area contributed by atoms with Crippen LogP contribution in [0.2, 0.25) is 0 Å². The second kappa shape index (κ2) is 5.77. The molecule has 2 nitrogen and oxygen atoms in total. The molecule has 1 aromatic rings. The minimum absolute atomic E-state index is 0.0998.